The molecular weight excluding hydrogens is 376 g/mol. The minimum atomic E-state index is -0.451. The van der Waals surface area contributed by atoms with E-state index in [1.54, 1.807) is 26.4 Å². The van der Waals surface area contributed by atoms with Gasteiger partial charge in [-0.05, 0) is 32.2 Å². The van der Waals surface area contributed by atoms with Crippen LogP contribution in [0.5, 0.6) is 11.5 Å². The first-order chi connectivity index (χ1) is 13.9. The van der Waals surface area contributed by atoms with E-state index in [1.165, 1.54) is 12.1 Å². The van der Waals surface area contributed by atoms with Gasteiger partial charge in [0.25, 0.3) is 5.69 Å². The molecule has 152 valence electrons. The Morgan fingerprint density at radius 3 is 2.48 bits per heavy atom. The van der Waals surface area contributed by atoms with Crippen molar-refractivity contribution in [3.05, 3.63) is 64.0 Å². The number of aromatic nitrogens is 2. The van der Waals surface area contributed by atoms with Crippen molar-refractivity contribution < 1.29 is 18.8 Å². The average Bonchev–Trinajstić information content (AvgIpc) is 3.23. The van der Waals surface area contributed by atoms with Gasteiger partial charge in [-0.15, -0.1) is 10.2 Å². The molecule has 0 radical (unpaired) electrons. The first kappa shape index (κ1) is 20.3. The first-order valence-corrected chi connectivity index (χ1v) is 8.93. The smallest absolute Gasteiger partial charge is 0.269 e. The molecule has 0 amide bonds. The number of para-hydroxylation sites is 1. The molecule has 0 saturated carbocycles. The van der Waals surface area contributed by atoms with Gasteiger partial charge in [-0.25, -0.2) is 0 Å². The summed E-state index contributed by atoms with van der Waals surface area (Å²) in [6.45, 7) is 2.54. The second kappa shape index (κ2) is 8.70. The molecule has 0 aliphatic carbocycles. The van der Waals surface area contributed by atoms with E-state index in [-0.39, 0.29) is 11.7 Å². The summed E-state index contributed by atoms with van der Waals surface area (Å²) in [7, 11) is 5.16. The van der Waals surface area contributed by atoms with Gasteiger partial charge in [0.15, 0.2) is 11.5 Å². The van der Waals surface area contributed by atoms with Crippen LogP contribution in [0.2, 0.25) is 0 Å². The highest BCUT2D eigenvalue weighted by molar-refractivity contribution is 5.55. The maximum atomic E-state index is 10.8. The van der Waals surface area contributed by atoms with Gasteiger partial charge in [-0.1, -0.05) is 12.1 Å². The van der Waals surface area contributed by atoms with E-state index in [4.69, 9.17) is 13.9 Å². The Hall–Kier alpha value is -3.46. The summed E-state index contributed by atoms with van der Waals surface area (Å²) in [5.41, 5.74) is 1.60. The van der Waals surface area contributed by atoms with Crippen LogP contribution in [0.15, 0.2) is 46.9 Å². The van der Waals surface area contributed by atoms with Crippen LogP contribution in [-0.4, -0.2) is 41.3 Å². The van der Waals surface area contributed by atoms with Crippen molar-refractivity contribution in [1.29, 1.82) is 0 Å². The number of rotatable bonds is 8. The minimum Gasteiger partial charge on any atom is -0.493 e. The molecule has 2 aromatic carbocycles. The van der Waals surface area contributed by atoms with Gasteiger partial charge < -0.3 is 13.9 Å². The van der Waals surface area contributed by atoms with Crippen LogP contribution in [0.25, 0.3) is 11.5 Å². The third kappa shape index (κ3) is 4.35. The SMILES string of the molecule is COc1cccc(CN(C)[C@@H](C)c2nnc(-c3ccc([N+](=O)[O-])cc3)o2)c1OC. The molecule has 9 heteroatoms. The molecule has 1 aromatic heterocycles. The molecule has 29 heavy (non-hydrogen) atoms. The Balaban J connectivity index is 1.76. The molecule has 1 atom stereocenters. The molecule has 0 aliphatic rings. The fraction of sp³-hybridized carbons (Fsp3) is 0.300. The predicted octanol–water partition coefficient (Wildman–Crippen LogP) is 3.86. The van der Waals surface area contributed by atoms with E-state index in [9.17, 15) is 10.1 Å². The van der Waals surface area contributed by atoms with Crippen molar-refractivity contribution in [3.8, 4) is 23.0 Å². The van der Waals surface area contributed by atoms with Crippen molar-refractivity contribution in [3.63, 3.8) is 0 Å². The van der Waals surface area contributed by atoms with Crippen molar-refractivity contribution in [2.24, 2.45) is 0 Å². The highest BCUT2D eigenvalue weighted by Gasteiger charge is 2.21. The maximum absolute atomic E-state index is 10.8. The number of ether oxygens (including phenoxy) is 2. The second-order valence-electron chi connectivity index (χ2n) is 6.49. The van der Waals surface area contributed by atoms with E-state index in [1.807, 2.05) is 37.1 Å². The number of nitro groups is 1. The summed E-state index contributed by atoms with van der Waals surface area (Å²) in [4.78, 5) is 12.4. The van der Waals surface area contributed by atoms with Crippen molar-refractivity contribution in [2.75, 3.05) is 21.3 Å². The Kier molecular flexibility index (Phi) is 6.08. The van der Waals surface area contributed by atoms with E-state index in [0.717, 1.165) is 5.56 Å². The summed E-state index contributed by atoms with van der Waals surface area (Å²) in [5, 5.41) is 19.0. The number of nitro benzene ring substituents is 1. The molecule has 0 N–H and O–H groups in total. The minimum absolute atomic E-state index is 0.00817. The van der Waals surface area contributed by atoms with Crippen LogP contribution in [0.3, 0.4) is 0 Å². The number of hydrogen-bond donors (Lipinski definition) is 0. The van der Waals surface area contributed by atoms with Crippen LogP contribution < -0.4 is 9.47 Å². The number of non-ortho nitro benzene ring substituents is 1. The predicted molar refractivity (Wildman–Crippen MR) is 106 cm³/mol. The van der Waals surface area contributed by atoms with Crippen LogP contribution in [0.1, 0.15) is 24.4 Å². The topological polar surface area (TPSA) is 104 Å². The molecule has 0 bridgehead atoms. The molecule has 0 aliphatic heterocycles. The molecule has 0 unspecified atom stereocenters. The Morgan fingerprint density at radius 1 is 1.14 bits per heavy atom. The third-order valence-corrected chi connectivity index (χ3v) is 4.69. The standard InChI is InChI=1S/C20H22N4O5/c1-13(23(2)12-15-6-5-7-17(27-3)18(15)28-4)19-21-22-20(29-19)14-8-10-16(11-9-14)24(25)26/h5-11,13H,12H2,1-4H3/t13-/m0/s1. The highest BCUT2D eigenvalue weighted by atomic mass is 16.6. The van der Waals surface area contributed by atoms with Gasteiger partial charge in [0.05, 0.1) is 25.2 Å². The lowest BCUT2D eigenvalue weighted by Gasteiger charge is -2.23. The highest BCUT2D eigenvalue weighted by Crippen LogP contribution is 2.33. The van der Waals surface area contributed by atoms with Gasteiger partial charge >= 0.3 is 0 Å². The Labute approximate surface area is 168 Å². The van der Waals surface area contributed by atoms with Crippen LogP contribution in [0, 0.1) is 10.1 Å². The van der Waals surface area contributed by atoms with Gasteiger partial charge in [0.1, 0.15) is 0 Å². The van der Waals surface area contributed by atoms with E-state index in [2.05, 4.69) is 10.2 Å². The van der Waals surface area contributed by atoms with Crippen LogP contribution in [0.4, 0.5) is 5.69 Å². The number of methoxy groups -OCH3 is 2. The fourth-order valence-corrected chi connectivity index (χ4v) is 2.92. The second-order valence-corrected chi connectivity index (χ2v) is 6.49. The van der Waals surface area contributed by atoms with E-state index >= 15 is 0 Å². The zero-order valence-corrected chi connectivity index (χ0v) is 16.7. The molecule has 1 heterocycles. The normalized spacial score (nSPS) is 12.0. The third-order valence-electron chi connectivity index (χ3n) is 4.69. The molecule has 9 nitrogen and oxygen atoms in total. The molecule has 0 spiro atoms. The molecule has 0 fully saturated rings. The molecular formula is C20H22N4O5. The van der Waals surface area contributed by atoms with Gasteiger partial charge in [0.2, 0.25) is 11.8 Å². The summed E-state index contributed by atoms with van der Waals surface area (Å²) in [6.07, 6.45) is 0. The zero-order valence-electron chi connectivity index (χ0n) is 16.7. The number of hydrogen-bond acceptors (Lipinski definition) is 8. The van der Waals surface area contributed by atoms with Crippen molar-refractivity contribution in [1.82, 2.24) is 15.1 Å². The first-order valence-electron chi connectivity index (χ1n) is 8.93. The fourth-order valence-electron chi connectivity index (χ4n) is 2.92. The van der Waals surface area contributed by atoms with Gasteiger partial charge in [-0.3, -0.25) is 15.0 Å². The Bertz CT molecular complexity index is 987. The Morgan fingerprint density at radius 2 is 1.86 bits per heavy atom. The lowest BCUT2D eigenvalue weighted by atomic mass is 10.1. The lowest BCUT2D eigenvalue weighted by Crippen LogP contribution is -2.22. The zero-order chi connectivity index (χ0) is 21.0. The maximum Gasteiger partial charge on any atom is 0.269 e. The molecule has 0 saturated heterocycles. The number of benzene rings is 2. The quantitative estimate of drug-likeness (QED) is 0.416. The summed E-state index contributed by atoms with van der Waals surface area (Å²) >= 11 is 0. The molecule has 3 rings (SSSR count). The monoisotopic (exact) mass is 398 g/mol. The van der Waals surface area contributed by atoms with Crippen molar-refractivity contribution in [2.45, 2.75) is 19.5 Å². The van der Waals surface area contributed by atoms with Gasteiger partial charge in [-0.2, -0.15) is 0 Å². The largest absolute Gasteiger partial charge is 0.493 e. The lowest BCUT2D eigenvalue weighted by molar-refractivity contribution is -0.384. The van der Waals surface area contributed by atoms with Crippen LogP contribution >= 0.6 is 0 Å². The summed E-state index contributed by atoms with van der Waals surface area (Å²) < 4.78 is 16.6. The molecule has 3 aromatic rings. The number of nitrogens with zero attached hydrogens (tertiary/aromatic N) is 4. The van der Waals surface area contributed by atoms with Crippen LogP contribution in [-0.2, 0) is 6.54 Å². The summed E-state index contributed by atoms with van der Waals surface area (Å²) in [5.74, 6) is 2.12. The summed E-state index contributed by atoms with van der Waals surface area (Å²) in [6, 6.07) is 11.6. The van der Waals surface area contributed by atoms with Crippen molar-refractivity contribution >= 4 is 5.69 Å². The van der Waals surface area contributed by atoms with Gasteiger partial charge in [0, 0.05) is 29.8 Å². The average molecular weight is 398 g/mol. The van der Waals surface area contributed by atoms with E-state index < -0.39 is 4.92 Å². The van der Waals surface area contributed by atoms with E-state index in [0.29, 0.717) is 35.4 Å².